The van der Waals surface area contributed by atoms with E-state index in [9.17, 15) is 31.5 Å². The van der Waals surface area contributed by atoms with Crippen molar-refractivity contribution < 1.29 is 31.5 Å². The number of anilines is 1. The monoisotopic (exact) mass is 541 g/mol. The average Bonchev–Trinajstić information content (AvgIpc) is 3.42. The lowest BCUT2D eigenvalue weighted by molar-refractivity contribution is -0.127. The highest BCUT2D eigenvalue weighted by Gasteiger charge is 2.49. The Hall–Kier alpha value is -3.28. The van der Waals surface area contributed by atoms with Crippen LogP contribution in [0.25, 0.3) is 5.65 Å². The highest BCUT2D eigenvalue weighted by molar-refractivity contribution is 6.34. The number of benzene rings is 1. The summed E-state index contributed by atoms with van der Waals surface area (Å²) in [5.74, 6) is -1.27. The number of hydrogen-bond acceptors (Lipinski definition) is 4. The van der Waals surface area contributed by atoms with E-state index in [-0.39, 0.29) is 28.2 Å². The molecule has 2 amide bonds. The van der Waals surface area contributed by atoms with Crippen LogP contribution in [-0.4, -0.2) is 39.0 Å². The predicted octanol–water partition coefficient (Wildman–Crippen LogP) is 5.49. The number of carbonyl (C=O) groups is 2. The van der Waals surface area contributed by atoms with Crippen LogP contribution in [0.3, 0.4) is 0 Å². The second kappa shape index (κ2) is 9.55. The van der Waals surface area contributed by atoms with Crippen LogP contribution < -0.4 is 10.2 Å². The van der Waals surface area contributed by atoms with E-state index in [0.717, 1.165) is 12.3 Å². The summed E-state index contributed by atoms with van der Waals surface area (Å²) in [6.07, 6.45) is -2.66. The third-order valence-corrected chi connectivity index (χ3v) is 7.50. The number of halogens is 6. The highest BCUT2D eigenvalue weighted by atomic mass is 35.5. The van der Waals surface area contributed by atoms with E-state index in [1.165, 1.54) is 12.1 Å². The molecule has 1 saturated heterocycles. The minimum Gasteiger partial charge on any atom is -0.349 e. The summed E-state index contributed by atoms with van der Waals surface area (Å²) in [5, 5.41) is 6.70. The molecule has 5 rings (SSSR count). The van der Waals surface area contributed by atoms with E-state index in [4.69, 9.17) is 11.6 Å². The number of nitrogens with one attached hydrogen (secondary N) is 1. The summed E-state index contributed by atoms with van der Waals surface area (Å²) < 4.78 is 67.3. The van der Waals surface area contributed by atoms with Crippen molar-refractivity contribution in [2.24, 2.45) is 5.41 Å². The molecule has 0 bridgehead atoms. The molecule has 0 atom stereocenters. The highest BCUT2D eigenvalue weighted by Crippen LogP contribution is 2.47. The molecule has 0 unspecified atom stereocenters. The van der Waals surface area contributed by atoms with Gasteiger partial charge in [-0.2, -0.15) is 5.10 Å². The molecular weight excluding hydrogens is 521 g/mol. The lowest BCUT2D eigenvalue weighted by atomic mass is 9.71. The number of rotatable bonds is 5. The van der Waals surface area contributed by atoms with Gasteiger partial charge in [-0.15, -0.1) is 0 Å². The smallest absolute Gasteiger partial charge is 0.280 e. The predicted molar refractivity (Wildman–Crippen MR) is 123 cm³/mol. The minimum absolute atomic E-state index is 0.100. The average molecular weight is 542 g/mol. The van der Waals surface area contributed by atoms with Crippen LogP contribution in [0.15, 0.2) is 30.5 Å². The molecule has 1 saturated carbocycles. The lowest BCUT2D eigenvalue weighted by Gasteiger charge is -2.36. The Morgan fingerprint density at radius 1 is 1.11 bits per heavy atom. The van der Waals surface area contributed by atoms with Crippen molar-refractivity contribution in [2.45, 2.75) is 51.0 Å². The third kappa shape index (κ3) is 4.51. The lowest BCUT2D eigenvalue weighted by Crippen LogP contribution is -2.44. The molecule has 13 heteroatoms. The normalized spacial score (nSPS) is 22.1. The number of fused-ring (bicyclic) bond motifs is 1. The maximum Gasteiger partial charge on any atom is 0.280 e. The van der Waals surface area contributed by atoms with E-state index < -0.39 is 41.4 Å². The fourth-order valence-corrected chi connectivity index (χ4v) is 5.49. The van der Waals surface area contributed by atoms with Gasteiger partial charge >= 0.3 is 0 Å². The molecule has 37 heavy (non-hydrogen) atoms. The van der Waals surface area contributed by atoms with Crippen molar-refractivity contribution in [3.8, 4) is 0 Å². The van der Waals surface area contributed by atoms with Crippen LogP contribution in [0, 0.1) is 11.2 Å². The Labute approximate surface area is 212 Å². The third-order valence-electron chi connectivity index (χ3n) is 7.20. The fourth-order valence-electron chi connectivity index (χ4n) is 5.23. The fraction of sp³-hybridized carbons (Fsp3) is 0.417. The van der Waals surface area contributed by atoms with Gasteiger partial charge in [0.15, 0.2) is 5.65 Å². The Bertz CT molecular complexity index is 1370. The zero-order chi connectivity index (χ0) is 26.5. The SMILES string of the molecule is O=C(N[C@H]1CC[C@@]2(CCN(c3ccc(F)cc3Cl)C2=O)CC1)c1cnn2c(C(F)F)cc(C(F)F)nc12. The number of nitrogens with zero attached hydrogens (tertiary/aromatic N) is 4. The number of carbonyl (C=O) groups excluding carboxylic acids is 2. The molecule has 1 aromatic carbocycles. The molecule has 1 aliphatic carbocycles. The first-order chi connectivity index (χ1) is 17.6. The number of alkyl halides is 4. The van der Waals surface area contributed by atoms with Crippen molar-refractivity contribution in [2.75, 3.05) is 11.4 Å². The van der Waals surface area contributed by atoms with Crippen LogP contribution in [0.4, 0.5) is 27.6 Å². The molecule has 7 nitrogen and oxygen atoms in total. The van der Waals surface area contributed by atoms with Gasteiger partial charge in [-0.1, -0.05) is 11.6 Å². The topological polar surface area (TPSA) is 79.6 Å². The van der Waals surface area contributed by atoms with Crippen molar-refractivity contribution in [1.82, 2.24) is 19.9 Å². The molecule has 3 heterocycles. The molecule has 1 aliphatic heterocycles. The molecule has 1 spiro atoms. The van der Waals surface area contributed by atoms with Gasteiger partial charge < -0.3 is 10.2 Å². The Morgan fingerprint density at radius 2 is 1.84 bits per heavy atom. The number of hydrogen-bond donors (Lipinski definition) is 1. The van der Waals surface area contributed by atoms with Crippen LogP contribution in [0.5, 0.6) is 0 Å². The molecule has 2 aromatic heterocycles. The van der Waals surface area contributed by atoms with E-state index >= 15 is 0 Å². The first kappa shape index (κ1) is 25.4. The molecule has 1 N–H and O–H groups in total. The van der Waals surface area contributed by atoms with E-state index in [1.54, 1.807) is 4.90 Å². The molecule has 2 aliphatic rings. The second-order valence-electron chi connectivity index (χ2n) is 9.33. The van der Waals surface area contributed by atoms with Gasteiger partial charge in [0.2, 0.25) is 5.91 Å². The van der Waals surface area contributed by atoms with Crippen LogP contribution in [0.2, 0.25) is 5.02 Å². The number of aromatic nitrogens is 3. The van der Waals surface area contributed by atoms with Gasteiger partial charge in [0, 0.05) is 12.6 Å². The first-order valence-corrected chi connectivity index (χ1v) is 12.0. The first-order valence-electron chi connectivity index (χ1n) is 11.6. The van der Waals surface area contributed by atoms with Crippen molar-refractivity contribution in [3.05, 3.63) is 58.3 Å². The summed E-state index contributed by atoms with van der Waals surface area (Å²) >= 11 is 6.15. The Balaban J connectivity index is 1.29. The van der Waals surface area contributed by atoms with Gasteiger partial charge in [0.25, 0.3) is 18.8 Å². The van der Waals surface area contributed by atoms with E-state index in [2.05, 4.69) is 15.4 Å². The largest absolute Gasteiger partial charge is 0.349 e. The van der Waals surface area contributed by atoms with E-state index in [1.807, 2.05) is 0 Å². The zero-order valence-electron chi connectivity index (χ0n) is 19.2. The Kier molecular flexibility index (Phi) is 6.55. The minimum atomic E-state index is -3.10. The Morgan fingerprint density at radius 3 is 2.49 bits per heavy atom. The standard InChI is InChI=1S/C24H21ClF5N5O2/c25-15-9-12(26)1-2-17(15)34-8-7-24(23(34)37)5-3-13(4-6-24)32-22(36)14-11-31-35-18(20(29)30)10-16(19(27)28)33-21(14)35/h1-2,9-11,13,19-20H,3-8H2,(H,32,36)/t13-,24-. The molecule has 196 valence electrons. The van der Waals surface area contributed by atoms with Crippen LogP contribution >= 0.6 is 11.6 Å². The van der Waals surface area contributed by atoms with Gasteiger partial charge in [-0.05, 0) is 56.4 Å². The summed E-state index contributed by atoms with van der Waals surface area (Å²) in [5.41, 5.74) is -2.41. The van der Waals surface area contributed by atoms with Crippen LogP contribution in [0.1, 0.15) is 66.7 Å². The molecule has 2 fully saturated rings. The zero-order valence-corrected chi connectivity index (χ0v) is 20.0. The summed E-state index contributed by atoms with van der Waals surface area (Å²) in [6, 6.07) is 4.13. The second-order valence-corrected chi connectivity index (χ2v) is 9.74. The van der Waals surface area contributed by atoms with Crippen molar-refractivity contribution in [3.63, 3.8) is 0 Å². The summed E-state index contributed by atoms with van der Waals surface area (Å²) in [6.45, 7) is 0.439. The molecule has 3 aromatic rings. The number of amides is 2. The summed E-state index contributed by atoms with van der Waals surface area (Å²) in [7, 11) is 0. The maximum atomic E-state index is 13.4. The van der Waals surface area contributed by atoms with E-state index in [0.29, 0.717) is 54.9 Å². The van der Waals surface area contributed by atoms with Gasteiger partial charge in [-0.3, -0.25) is 9.59 Å². The quantitative estimate of drug-likeness (QED) is 0.433. The van der Waals surface area contributed by atoms with Crippen LogP contribution in [-0.2, 0) is 4.79 Å². The van der Waals surface area contributed by atoms with Gasteiger partial charge in [0.1, 0.15) is 22.8 Å². The van der Waals surface area contributed by atoms with Gasteiger partial charge in [0.05, 0.1) is 22.3 Å². The van der Waals surface area contributed by atoms with Crippen molar-refractivity contribution in [1.29, 1.82) is 0 Å². The maximum absolute atomic E-state index is 13.4. The molecular formula is C24H21ClF5N5O2. The molecule has 0 radical (unpaired) electrons. The van der Waals surface area contributed by atoms with Gasteiger partial charge in [-0.25, -0.2) is 31.5 Å². The summed E-state index contributed by atoms with van der Waals surface area (Å²) in [4.78, 5) is 31.5. The van der Waals surface area contributed by atoms with Crippen molar-refractivity contribution >= 4 is 34.7 Å².